The van der Waals surface area contributed by atoms with E-state index in [0.29, 0.717) is 6.54 Å². The van der Waals surface area contributed by atoms with Crippen molar-refractivity contribution >= 4 is 11.9 Å². The molecule has 5 rings (SSSR count). The van der Waals surface area contributed by atoms with Gasteiger partial charge in [0.1, 0.15) is 17.4 Å². The average Bonchev–Trinajstić information content (AvgIpc) is 3.25. The highest BCUT2D eigenvalue weighted by atomic mass is 19.1. The summed E-state index contributed by atoms with van der Waals surface area (Å²) in [5, 5.41) is 2.14. The maximum Gasteiger partial charge on any atom is 0.143 e. The Kier molecular flexibility index (Phi) is 5.50. The van der Waals surface area contributed by atoms with Gasteiger partial charge in [-0.3, -0.25) is 10.0 Å². The van der Waals surface area contributed by atoms with Crippen molar-refractivity contribution in [2.24, 2.45) is 4.99 Å². The van der Waals surface area contributed by atoms with Crippen LogP contribution in [0.3, 0.4) is 0 Å². The number of nitrogens with one attached hydrogen (secondary N) is 1. The van der Waals surface area contributed by atoms with Crippen LogP contribution in [0.4, 0.5) is 4.39 Å². The van der Waals surface area contributed by atoms with Gasteiger partial charge in [0.25, 0.3) is 0 Å². The van der Waals surface area contributed by atoms with Crippen molar-refractivity contribution in [1.29, 1.82) is 0 Å². The number of aryl methyl sites for hydroxylation is 1. The van der Waals surface area contributed by atoms with Crippen LogP contribution in [-0.2, 0) is 5.54 Å². The Bertz CT molecular complexity index is 1230. The van der Waals surface area contributed by atoms with Crippen molar-refractivity contribution in [1.82, 2.24) is 20.0 Å². The quantitative estimate of drug-likeness (QED) is 0.636. The molecule has 0 amide bonds. The lowest BCUT2D eigenvalue weighted by molar-refractivity contribution is 0.167. The second-order valence-corrected chi connectivity index (χ2v) is 8.87. The van der Waals surface area contributed by atoms with Crippen LogP contribution in [-0.4, -0.2) is 40.6 Å². The number of methoxy groups -OCH3 is 1. The van der Waals surface area contributed by atoms with Crippen LogP contribution in [0.25, 0.3) is 11.8 Å². The number of nitrogens with zero attached hydrogens (tertiary/aromatic N) is 4. The SMILES string of the molecule is COc1cc(C=C2CCCN3NC(C)(c4ccc(F)cc4)CN=C23)ccc1-n1cnc(C)c1. The van der Waals surface area contributed by atoms with E-state index in [1.165, 1.54) is 17.7 Å². The number of amidine groups is 1. The Balaban J connectivity index is 1.43. The van der Waals surface area contributed by atoms with E-state index in [2.05, 4.69) is 46.6 Å². The molecule has 3 aromatic rings. The third-order valence-corrected chi connectivity index (χ3v) is 6.31. The lowest BCUT2D eigenvalue weighted by Crippen LogP contribution is -2.59. The molecule has 0 spiro atoms. The molecule has 170 valence electrons. The molecule has 0 bridgehead atoms. The van der Waals surface area contributed by atoms with Gasteiger partial charge in [0, 0.05) is 12.7 Å². The highest BCUT2D eigenvalue weighted by Gasteiger charge is 2.36. The summed E-state index contributed by atoms with van der Waals surface area (Å²) in [5.41, 5.74) is 8.48. The molecule has 1 saturated heterocycles. The molecule has 1 fully saturated rings. The number of piperidine rings is 1. The van der Waals surface area contributed by atoms with Crippen LogP contribution in [0.1, 0.15) is 36.6 Å². The molecule has 0 radical (unpaired) electrons. The number of hydrazine groups is 1. The van der Waals surface area contributed by atoms with Crippen LogP contribution < -0.4 is 10.2 Å². The molecule has 33 heavy (non-hydrogen) atoms. The third kappa shape index (κ3) is 4.16. The fraction of sp³-hybridized carbons (Fsp3) is 0.308. The maximum atomic E-state index is 13.4. The number of aromatic nitrogens is 2. The molecule has 7 heteroatoms. The van der Waals surface area contributed by atoms with E-state index in [-0.39, 0.29) is 11.4 Å². The first-order chi connectivity index (χ1) is 15.9. The van der Waals surface area contributed by atoms with Crippen molar-refractivity contribution in [3.63, 3.8) is 0 Å². The lowest BCUT2D eigenvalue weighted by atomic mass is 9.91. The highest BCUT2D eigenvalue weighted by Crippen LogP contribution is 2.31. The first-order valence-corrected chi connectivity index (χ1v) is 11.2. The normalized spacial score (nSPS) is 21.6. The van der Waals surface area contributed by atoms with Crippen molar-refractivity contribution in [3.05, 3.63) is 83.2 Å². The topological polar surface area (TPSA) is 54.7 Å². The summed E-state index contributed by atoms with van der Waals surface area (Å²) in [4.78, 5) is 9.28. The third-order valence-electron chi connectivity index (χ3n) is 6.31. The maximum absolute atomic E-state index is 13.4. The number of aliphatic imine (C=N–C) groups is 1. The largest absolute Gasteiger partial charge is 0.495 e. The van der Waals surface area contributed by atoms with Crippen molar-refractivity contribution in [2.75, 3.05) is 20.2 Å². The summed E-state index contributed by atoms with van der Waals surface area (Å²) in [6.45, 7) is 5.55. The van der Waals surface area contributed by atoms with Crippen LogP contribution in [0.5, 0.6) is 5.75 Å². The van der Waals surface area contributed by atoms with E-state index in [0.717, 1.165) is 53.5 Å². The van der Waals surface area contributed by atoms with E-state index in [1.807, 2.05) is 29.8 Å². The molecule has 2 aliphatic heterocycles. The molecule has 1 N–H and O–H groups in total. The van der Waals surface area contributed by atoms with Gasteiger partial charge in [0.2, 0.25) is 0 Å². The van der Waals surface area contributed by atoms with Gasteiger partial charge in [0.05, 0.1) is 36.9 Å². The predicted molar refractivity (Wildman–Crippen MR) is 128 cm³/mol. The number of fused-ring (bicyclic) bond motifs is 1. The Labute approximate surface area is 193 Å². The Morgan fingerprint density at radius 3 is 2.73 bits per heavy atom. The number of hydrogen-bond donors (Lipinski definition) is 1. The molecule has 3 heterocycles. The minimum Gasteiger partial charge on any atom is -0.495 e. The summed E-state index contributed by atoms with van der Waals surface area (Å²) in [7, 11) is 1.69. The fourth-order valence-electron chi connectivity index (χ4n) is 4.54. The summed E-state index contributed by atoms with van der Waals surface area (Å²) >= 11 is 0. The Morgan fingerprint density at radius 1 is 1.18 bits per heavy atom. The van der Waals surface area contributed by atoms with Crippen LogP contribution in [0.15, 0.2) is 65.6 Å². The van der Waals surface area contributed by atoms with Crippen molar-refractivity contribution in [2.45, 2.75) is 32.2 Å². The molecule has 0 aliphatic carbocycles. The zero-order valence-corrected chi connectivity index (χ0v) is 19.2. The summed E-state index contributed by atoms with van der Waals surface area (Å²) in [5.74, 6) is 1.55. The minimum absolute atomic E-state index is 0.227. The molecular formula is C26H28FN5O. The number of hydrogen-bond acceptors (Lipinski definition) is 5. The van der Waals surface area contributed by atoms with Gasteiger partial charge < -0.3 is 9.30 Å². The van der Waals surface area contributed by atoms with Gasteiger partial charge in [-0.15, -0.1) is 0 Å². The molecule has 1 atom stereocenters. The summed E-state index contributed by atoms with van der Waals surface area (Å²) < 4.78 is 21.0. The number of halogens is 1. The molecule has 0 saturated carbocycles. The standard InChI is InChI=1S/C26H28FN5O/c1-18-15-31(17-29-18)23-11-6-19(14-24(23)33-3)13-20-5-4-12-32-25(20)28-16-26(2,30-32)21-7-9-22(27)10-8-21/h6-11,13-15,17,30H,4-5,12,16H2,1-3H3. The second kappa shape index (κ2) is 8.48. The molecule has 2 aromatic carbocycles. The van der Waals surface area contributed by atoms with E-state index < -0.39 is 0 Å². The number of imidazole rings is 1. The van der Waals surface area contributed by atoms with Gasteiger partial charge in [-0.1, -0.05) is 18.2 Å². The Hall–Kier alpha value is -3.45. The van der Waals surface area contributed by atoms with Gasteiger partial charge in [-0.05, 0) is 73.7 Å². The predicted octanol–water partition coefficient (Wildman–Crippen LogP) is 4.64. The van der Waals surface area contributed by atoms with E-state index in [9.17, 15) is 4.39 Å². The van der Waals surface area contributed by atoms with Crippen molar-refractivity contribution in [3.8, 4) is 11.4 Å². The van der Waals surface area contributed by atoms with Crippen molar-refractivity contribution < 1.29 is 9.13 Å². The average molecular weight is 446 g/mol. The molecular weight excluding hydrogens is 417 g/mol. The zero-order chi connectivity index (χ0) is 23.0. The van der Waals surface area contributed by atoms with Crippen LogP contribution in [0, 0.1) is 12.7 Å². The number of rotatable bonds is 4. The lowest BCUT2D eigenvalue weighted by Gasteiger charge is -2.44. The van der Waals surface area contributed by atoms with Gasteiger partial charge in [-0.25, -0.2) is 14.8 Å². The zero-order valence-electron chi connectivity index (χ0n) is 19.2. The molecule has 1 unspecified atom stereocenters. The highest BCUT2D eigenvalue weighted by molar-refractivity contribution is 6.03. The molecule has 2 aliphatic rings. The summed E-state index contributed by atoms with van der Waals surface area (Å²) in [6, 6.07) is 12.9. The minimum atomic E-state index is -0.368. The van der Waals surface area contributed by atoms with E-state index >= 15 is 0 Å². The number of benzene rings is 2. The molecule has 1 aromatic heterocycles. The number of ether oxygens (including phenoxy) is 1. The van der Waals surface area contributed by atoms with Gasteiger partial charge in [0.15, 0.2) is 0 Å². The smallest absolute Gasteiger partial charge is 0.143 e. The van der Waals surface area contributed by atoms with Gasteiger partial charge >= 0.3 is 0 Å². The van der Waals surface area contributed by atoms with Crippen LogP contribution >= 0.6 is 0 Å². The first kappa shape index (κ1) is 21.4. The Morgan fingerprint density at radius 2 is 2.00 bits per heavy atom. The van der Waals surface area contributed by atoms with E-state index in [1.54, 1.807) is 13.4 Å². The van der Waals surface area contributed by atoms with E-state index in [4.69, 9.17) is 9.73 Å². The second-order valence-electron chi connectivity index (χ2n) is 8.87. The summed E-state index contributed by atoms with van der Waals surface area (Å²) in [6.07, 6.45) is 7.97. The van der Waals surface area contributed by atoms with Gasteiger partial charge in [-0.2, -0.15) is 0 Å². The monoisotopic (exact) mass is 445 g/mol. The molecule has 6 nitrogen and oxygen atoms in total. The van der Waals surface area contributed by atoms with Crippen LogP contribution in [0.2, 0.25) is 0 Å². The first-order valence-electron chi connectivity index (χ1n) is 11.2. The fourth-order valence-corrected chi connectivity index (χ4v) is 4.54.